The Morgan fingerprint density at radius 3 is 2.42 bits per heavy atom. The SMILES string of the molecule is CCCNC(C)CCCOc1c(Cl)cc(Cl)cc1Cl. The van der Waals surface area contributed by atoms with Crippen molar-refractivity contribution in [3.8, 4) is 5.75 Å². The predicted molar refractivity (Wildman–Crippen MR) is 84.0 cm³/mol. The maximum atomic E-state index is 6.04. The molecule has 1 unspecified atom stereocenters. The third-order valence-electron chi connectivity index (χ3n) is 2.73. The van der Waals surface area contributed by atoms with E-state index in [0.29, 0.717) is 33.5 Å². The van der Waals surface area contributed by atoms with E-state index in [1.165, 1.54) is 0 Å². The van der Waals surface area contributed by atoms with Crippen molar-refractivity contribution in [1.82, 2.24) is 5.32 Å². The Morgan fingerprint density at radius 1 is 1.21 bits per heavy atom. The van der Waals surface area contributed by atoms with E-state index in [9.17, 15) is 0 Å². The normalized spacial score (nSPS) is 12.5. The van der Waals surface area contributed by atoms with Crippen LogP contribution in [0.4, 0.5) is 0 Å². The molecule has 0 radical (unpaired) electrons. The Balaban J connectivity index is 2.34. The summed E-state index contributed by atoms with van der Waals surface area (Å²) in [5.41, 5.74) is 0. The Hall–Kier alpha value is -0.150. The van der Waals surface area contributed by atoms with Gasteiger partial charge in [0.25, 0.3) is 0 Å². The van der Waals surface area contributed by atoms with Crippen LogP contribution in [0.1, 0.15) is 33.1 Å². The minimum atomic E-state index is 0.453. The number of hydrogen-bond donors (Lipinski definition) is 1. The molecule has 0 amide bonds. The van der Waals surface area contributed by atoms with Crippen LogP contribution in [0.25, 0.3) is 0 Å². The Morgan fingerprint density at radius 2 is 1.84 bits per heavy atom. The molecule has 1 aromatic carbocycles. The van der Waals surface area contributed by atoms with Crippen LogP contribution in [0.15, 0.2) is 12.1 Å². The van der Waals surface area contributed by atoms with Crippen molar-refractivity contribution in [2.24, 2.45) is 0 Å². The van der Waals surface area contributed by atoms with Gasteiger partial charge in [-0.05, 0) is 44.9 Å². The van der Waals surface area contributed by atoms with Gasteiger partial charge in [0.05, 0.1) is 16.7 Å². The molecule has 0 aromatic heterocycles. The Labute approximate surface area is 130 Å². The molecule has 0 saturated heterocycles. The van der Waals surface area contributed by atoms with Crippen LogP contribution in [0.3, 0.4) is 0 Å². The average Bonchev–Trinajstić information content (AvgIpc) is 2.34. The minimum Gasteiger partial charge on any atom is -0.490 e. The highest BCUT2D eigenvalue weighted by Gasteiger charge is 2.09. The smallest absolute Gasteiger partial charge is 0.156 e. The second-order valence-electron chi connectivity index (χ2n) is 4.54. The second kappa shape index (κ2) is 8.91. The van der Waals surface area contributed by atoms with E-state index in [1.807, 2.05) is 0 Å². The summed E-state index contributed by atoms with van der Waals surface area (Å²) in [6.45, 7) is 5.99. The molecule has 0 bridgehead atoms. The Kier molecular flexibility index (Phi) is 7.93. The summed E-state index contributed by atoms with van der Waals surface area (Å²) < 4.78 is 5.63. The van der Waals surface area contributed by atoms with Crippen LogP contribution in [-0.2, 0) is 0 Å². The summed E-state index contributed by atoms with van der Waals surface area (Å²) in [5, 5.41) is 4.86. The fourth-order valence-corrected chi connectivity index (χ4v) is 2.65. The zero-order chi connectivity index (χ0) is 14.3. The lowest BCUT2D eigenvalue weighted by atomic mass is 10.2. The van der Waals surface area contributed by atoms with Gasteiger partial charge in [0.2, 0.25) is 0 Å². The molecule has 0 aliphatic rings. The maximum Gasteiger partial charge on any atom is 0.156 e. The molecule has 0 saturated carbocycles. The average molecular weight is 325 g/mol. The molecular weight excluding hydrogens is 305 g/mol. The number of nitrogens with one attached hydrogen (secondary N) is 1. The summed E-state index contributed by atoms with van der Waals surface area (Å²) in [6.07, 6.45) is 3.16. The number of hydrogen-bond acceptors (Lipinski definition) is 2. The number of halogens is 3. The molecule has 0 fully saturated rings. The van der Waals surface area contributed by atoms with Crippen LogP contribution >= 0.6 is 34.8 Å². The summed E-state index contributed by atoms with van der Waals surface area (Å²) >= 11 is 17.9. The zero-order valence-corrected chi connectivity index (χ0v) is 13.6. The largest absolute Gasteiger partial charge is 0.490 e. The number of benzene rings is 1. The molecule has 0 heterocycles. The van der Waals surface area contributed by atoms with Crippen LogP contribution in [-0.4, -0.2) is 19.2 Å². The van der Waals surface area contributed by atoms with Crippen molar-refractivity contribution in [2.75, 3.05) is 13.2 Å². The highest BCUT2D eigenvalue weighted by molar-refractivity contribution is 6.40. The fraction of sp³-hybridized carbons (Fsp3) is 0.571. The molecule has 5 heteroatoms. The summed E-state index contributed by atoms with van der Waals surface area (Å²) in [6, 6.07) is 3.77. The molecule has 1 rings (SSSR count). The molecule has 1 atom stereocenters. The predicted octanol–water partition coefficient (Wildman–Crippen LogP) is 5.19. The summed E-state index contributed by atoms with van der Waals surface area (Å²) in [4.78, 5) is 0. The van der Waals surface area contributed by atoms with Gasteiger partial charge in [-0.2, -0.15) is 0 Å². The zero-order valence-electron chi connectivity index (χ0n) is 11.3. The first kappa shape index (κ1) is 16.9. The molecule has 0 aliphatic heterocycles. The number of ether oxygens (including phenoxy) is 1. The van der Waals surface area contributed by atoms with Crippen molar-refractivity contribution < 1.29 is 4.74 Å². The number of rotatable bonds is 8. The van der Waals surface area contributed by atoms with E-state index in [-0.39, 0.29) is 0 Å². The van der Waals surface area contributed by atoms with Gasteiger partial charge in [0.15, 0.2) is 5.75 Å². The Bertz CT molecular complexity index is 375. The lowest BCUT2D eigenvalue weighted by Gasteiger charge is -2.14. The van der Waals surface area contributed by atoms with Crippen LogP contribution < -0.4 is 10.1 Å². The molecule has 0 aliphatic carbocycles. The van der Waals surface area contributed by atoms with Gasteiger partial charge < -0.3 is 10.1 Å². The molecule has 0 spiro atoms. The lowest BCUT2D eigenvalue weighted by molar-refractivity contribution is 0.298. The van der Waals surface area contributed by atoms with Crippen molar-refractivity contribution in [3.63, 3.8) is 0 Å². The van der Waals surface area contributed by atoms with Gasteiger partial charge in [-0.3, -0.25) is 0 Å². The van der Waals surface area contributed by atoms with Crippen molar-refractivity contribution in [1.29, 1.82) is 0 Å². The second-order valence-corrected chi connectivity index (χ2v) is 5.80. The highest BCUT2D eigenvalue weighted by atomic mass is 35.5. The van der Waals surface area contributed by atoms with E-state index in [1.54, 1.807) is 12.1 Å². The monoisotopic (exact) mass is 323 g/mol. The van der Waals surface area contributed by atoms with Crippen molar-refractivity contribution in [3.05, 3.63) is 27.2 Å². The van der Waals surface area contributed by atoms with E-state index >= 15 is 0 Å². The van der Waals surface area contributed by atoms with Gasteiger partial charge in [-0.15, -0.1) is 0 Å². The highest BCUT2D eigenvalue weighted by Crippen LogP contribution is 2.35. The van der Waals surface area contributed by atoms with Gasteiger partial charge in [-0.25, -0.2) is 0 Å². The van der Waals surface area contributed by atoms with E-state index in [0.717, 1.165) is 25.8 Å². The maximum absolute atomic E-state index is 6.04. The van der Waals surface area contributed by atoms with E-state index in [2.05, 4.69) is 19.2 Å². The van der Waals surface area contributed by atoms with Gasteiger partial charge in [-0.1, -0.05) is 41.7 Å². The van der Waals surface area contributed by atoms with E-state index < -0.39 is 0 Å². The van der Waals surface area contributed by atoms with Crippen LogP contribution in [0.2, 0.25) is 15.1 Å². The minimum absolute atomic E-state index is 0.453. The van der Waals surface area contributed by atoms with Crippen molar-refractivity contribution in [2.45, 2.75) is 39.2 Å². The molecule has 108 valence electrons. The first-order valence-corrected chi connectivity index (χ1v) is 7.68. The molecule has 1 aromatic rings. The van der Waals surface area contributed by atoms with Gasteiger partial charge >= 0.3 is 0 Å². The van der Waals surface area contributed by atoms with Crippen LogP contribution in [0, 0.1) is 0 Å². The molecule has 1 N–H and O–H groups in total. The van der Waals surface area contributed by atoms with Gasteiger partial charge in [0.1, 0.15) is 0 Å². The first-order valence-electron chi connectivity index (χ1n) is 6.55. The quantitative estimate of drug-likeness (QED) is 0.664. The third-order valence-corrected chi connectivity index (χ3v) is 3.51. The molecule has 2 nitrogen and oxygen atoms in total. The lowest BCUT2D eigenvalue weighted by Crippen LogP contribution is -2.26. The van der Waals surface area contributed by atoms with Gasteiger partial charge in [0, 0.05) is 11.1 Å². The first-order chi connectivity index (χ1) is 9.04. The topological polar surface area (TPSA) is 21.3 Å². The van der Waals surface area contributed by atoms with Crippen molar-refractivity contribution >= 4 is 34.8 Å². The standard InChI is InChI=1S/C14H20Cl3NO/c1-3-6-18-10(2)5-4-7-19-14-12(16)8-11(15)9-13(14)17/h8-10,18H,3-7H2,1-2H3. The summed E-state index contributed by atoms with van der Waals surface area (Å²) in [5.74, 6) is 0.516. The molecule has 19 heavy (non-hydrogen) atoms. The van der Waals surface area contributed by atoms with E-state index in [4.69, 9.17) is 39.5 Å². The third kappa shape index (κ3) is 6.22. The van der Waals surface area contributed by atoms with Crippen LogP contribution in [0.5, 0.6) is 5.75 Å². The summed E-state index contributed by atoms with van der Waals surface area (Å²) in [7, 11) is 0. The molecular formula is C14H20Cl3NO. The fourth-order valence-electron chi connectivity index (χ4n) is 1.72.